The molecule has 2 aliphatic rings. The molecule has 2 aromatic carbocycles. The van der Waals surface area contributed by atoms with E-state index >= 15 is 0 Å². The number of amides is 1. The number of hydrogen-bond donors (Lipinski definition) is 2. The topological polar surface area (TPSA) is 64.3 Å². The van der Waals surface area contributed by atoms with E-state index in [-0.39, 0.29) is 23.4 Å². The molecule has 0 spiro atoms. The van der Waals surface area contributed by atoms with Crippen molar-refractivity contribution in [3.05, 3.63) is 83.6 Å². The van der Waals surface area contributed by atoms with Crippen LogP contribution in [-0.2, 0) is 4.79 Å². The first kappa shape index (κ1) is 25.0. The fourth-order valence-corrected chi connectivity index (χ4v) is 6.27. The van der Waals surface area contributed by atoms with E-state index in [0.717, 1.165) is 53.7 Å². The number of carbonyl (C=O) groups is 1. The molecule has 4 heterocycles. The number of aromatic amines is 1. The minimum Gasteiger partial charge on any atom is -0.367 e. The normalized spacial score (nSPS) is 20.1. The maximum atomic E-state index is 14.1. The summed E-state index contributed by atoms with van der Waals surface area (Å²) in [4.78, 5) is 26.5. The molecule has 4 aromatic rings. The van der Waals surface area contributed by atoms with E-state index < -0.39 is 0 Å². The van der Waals surface area contributed by atoms with Crippen molar-refractivity contribution in [2.45, 2.75) is 44.2 Å². The molecule has 0 saturated carbocycles. The van der Waals surface area contributed by atoms with Gasteiger partial charge in [0.1, 0.15) is 5.65 Å². The van der Waals surface area contributed by atoms with Crippen LogP contribution in [0.25, 0.3) is 22.2 Å². The molecular weight excluding hydrogens is 494 g/mol. The van der Waals surface area contributed by atoms with Crippen LogP contribution in [0.2, 0.25) is 5.02 Å². The number of halogens is 1. The Morgan fingerprint density at radius 3 is 2.45 bits per heavy atom. The van der Waals surface area contributed by atoms with Gasteiger partial charge in [-0.3, -0.25) is 4.79 Å². The fourth-order valence-electron chi connectivity index (χ4n) is 6.14. The lowest BCUT2D eigenvalue weighted by Gasteiger charge is -2.39. The summed E-state index contributed by atoms with van der Waals surface area (Å²) >= 11 is 6.19. The molecule has 7 heteroatoms. The van der Waals surface area contributed by atoms with Crippen LogP contribution in [0.4, 0.5) is 5.69 Å². The summed E-state index contributed by atoms with van der Waals surface area (Å²) in [5, 5.41) is 5.54. The third kappa shape index (κ3) is 4.79. The number of pyridine rings is 1. The number of aromatic nitrogens is 2. The highest BCUT2D eigenvalue weighted by Crippen LogP contribution is 2.38. The lowest BCUT2D eigenvalue weighted by atomic mass is 9.88. The highest BCUT2D eigenvalue weighted by molar-refractivity contribution is 6.30. The standard InChI is InChI=1S/C31H34ClN5O/c1-31(2)14-12-26(35-31)27(22-8-10-23(32)11-9-22)30(38)37-18-16-36(17-19-37)28-24-13-15-33-29(24)34-20-25(28)21-6-4-3-5-7-21/h3-11,13,15,20,26-27,35H,12,14,16-19H2,1-2H3,(H,33,34). The largest absolute Gasteiger partial charge is 0.367 e. The number of carbonyl (C=O) groups excluding carboxylic acids is 1. The molecule has 38 heavy (non-hydrogen) atoms. The lowest BCUT2D eigenvalue weighted by molar-refractivity contribution is -0.133. The van der Waals surface area contributed by atoms with Crippen molar-refractivity contribution in [3.8, 4) is 11.1 Å². The van der Waals surface area contributed by atoms with Gasteiger partial charge in [-0.2, -0.15) is 0 Å². The number of benzene rings is 2. The number of anilines is 1. The van der Waals surface area contributed by atoms with Gasteiger partial charge < -0.3 is 20.1 Å². The highest BCUT2D eigenvalue weighted by Gasteiger charge is 2.41. The molecule has 196 valence electrons. The Labute approximate surface area is 229 Å². The summed E-state index contributed by atoms with van der Waals surface area (Å²) in [6, 6.07) is 20.5. The summed E-state index contributed by atoms with van der Waals surface area (Å²) < 4.78 is 0. The zero-order valence-corrected chi connectivity index (χ0v) is 22.7. The van der Waals surface area contributed by atoms with E-state index in [2.05, 4.69) is 69.3 Å². The van der Waals surface area contributed by atoms with E-state index in [1.54, 1.807) is 0 Å². The Bertz CT molecular complexity index is 1420. The van der Waals surface area contributed by atoms with Crippen LogP contribution in [-0.4, -0.2) is 58.5 Å². The van der Waals surface area contributed by atoms with Crippen LogP contribution in [0.1, 0.15) is 38.2 Å². The molecule has 0 bridgehead atoms. The van der Waals surface area contributed by atoms with Crippen molar-refractivity contribution in [1.29, 1.82) is 0 Å². The van der Waals surface area contributed by atoms with Crippen molar-refractivity contribution in [3.63, 3.8) is 0 Å². The third-order valence-corrected chi connectivity index (χ3v) is 8.36. The first-order valence-electron chi connectivity index (χ1n) is 13.5. The molecule has 2 N–H and O–H groups in total. The van der Waals surface area contributed by atoms with Gasteiger partial charge in [0.05, 0.1) is 11.6 Å². The monoisotopic (exact) mass is 527 g/mol. The maximum absolute atomic E-state index is 14.1. The molecule has 1 amide bonds. The van der Waals surface area contributed by atoms with Gasteiger partial charge in [-0.1, -0.05) is 54.1 Å². The molecule has 0 aliphatic carbocycles. The van der Waals surface area contributed by atoms with Crippen LogP contribution in [0.5, 0.6) is 0 Å². The first-order valence-corrected chi connectivity index (χ1v) is 13.9. The average Bonchev–Trinajstić information content (AvgIpc) is 3.56. The minimum absolute atomic E-state index is 0.0332. The Morgan fingerprint density at radius 2 is 1.76 bits per heavy atom. The summed E-state index contributed by atoms with van der Waals surface area (Å²) in [5.41, 5.74) is 5.40. The number of piperazine rings is 1. The number of H-pyrrole nitrogens is 1. The van der Waals surface area contributed by atoms with Crippen LogP contribution >= 0.6 is 11.6 Å². The summed E-state index contributed by atoms with van der Waals surface area (Å²) in [7, 11) is 0. The van der Waals surface area contributed by atoms with Crippen LogP contribution in [0.3, 0.4) is 0 Å². The van der Waals surface area contributed by atoms with E-state index in [4.69, 9.17) is 11.6 Å². The molecule has 6 nitrogen and oxygen atoms in total. The molecule has 2 fully saturated rings. The molecule has 6 rings (SSSR count). The molecule has 2 unspecified atom stereocenters. The summed E-state index contributed by atoms with van der Waals surface area (Å²) in [6.45, 7) is 7.34. The number of fused-ring (bicyclic) bond motifs is 1. The molecule has 2 atom stereocenters. The quantitative estimate of drug-likeness (QED) is 0.342. The van der Waals surface area contributed by atoms with Crippen molar-refractivity contribution in [2.24, 2.45) is 0 Å². The number of nitrogens with zero attached hydrogens (tertiary/aromatic N) is 3. The molecule has 2 aliphatic heterocycles. The Kier molecular flexibility index (Phi) is 6.62. The van der Waals surface area contributed by atoms with Gasteiger partial charge in [-0.05, 0) is 56.0 Å². The summed E-state index contributed by atoms with van der Waals surface area (Å²) in [5.74, 6) is -0.0234. The van der Waals surface area contributed by atoms with Crippen molar-refractivity contribution in [2.75, 3.05) is 31.1 Å². The van der Waals surface area contributed by atoms with Crippen molar-refractivity contribution >= 4 is 34.2 Å². The summed E-state index contributed by atoms with van der Waals surface area (Å²) in [6.07, 6.45) is 5.95. The van der Waals surface area contributed by atoms with Gasteiger partial charge in [0.15, 0.2) is 0 Å². The van der Waals surface area contributed by atoms with Crippen LogP contribution < -0.4 is 10.2 Å². The van der Waals surface area contributed by atoms with E-state index in [0.29, 0.717) is 18.1 Å². The van der Waals surface area contributed by atoms with Gasteiger partial charge in [-0.15, -0.1) is 0 Å². The predicted molar refractivity (Wildman–Crippen MR) is 155 cm³/mol. The van der Waals surface area contributed by atoms with Gasteiger partial charge in [-0.25, -0.2) is 4.98 Å². The van der Waals surface area contributed by atoms with Crippen LogP contribution in [0, 0.1) is 0 Å². The zero-order chi connectivity index (χ0) is 26.3. The Morgan fingerprint density at radius 1 is 1.03 bits per heavy atom. The second-order valence-electron chi connectivity index (χ2n) is 11.1. The molecule has 2 aromatic heterocycles. The first-order chi connectivity index (χ1) is 18.4. The van der Waals surface area contributed by atoms with Gasteiger partial charge in [0.25, 0.3) is 0 Å². The molecule has 2 saturated heterocycles. The smallest absolute Gasteiger partial charge is 0.231 e. The Hall–Kier alpha value is -3.35. The molecular formula is C31H34ClN5O. The SMILES string of the molecule is CC1(C)CCC(C(C(=O)N2CCN(c3c(-c4ccccc4)cnc4[nH]ccc34)CC2)c2ccc(Cl)cc2)N1. The second kappa shape index (κ2) is 10.1. The van der Waals surface area contributed by atoms with E-state index in [1.807, 2.05) is 42.7 Å². The van der Waals surface area contributed by atoms with Crippen molar-refractivity contribution < 1.29 is 4.79 Å². The lowest BCUT2D eigenvalue weighted by Crippen LogP contribution is -2.53. The van der Waals surface area contributed by atoms with E-state index in [1.165, 1.54) is 5.69 Å². The van der Waals surface area contributed by atoms with Crippen molar-refractivity contribution in [1.82, 2.24) is 20.2 Å². The highest BCUT2D eigenvalue weighted by atomic mass is 35.5. The number of rotatable bonds is 5. The zero-order valence-electron chi connectivity index (χ0n) is 22.0. The number of nitrogens with one attached hydrogen (secondary N) is 2. The number of hydrogen-bond acceptors (Lipinski definition) is 4. The second-order valence-corrected chi connectivity index (χ2v) is 11.6. The third-order valence-electron chi connectivity index (χ3n) is 8.10. The average molecular weight is 528 g/mol. The fraction of sp³-hybridized carbons (Fsp3) is 0.355. The molecule has 0 radical (unpaired) electrons. The van der Waals surface area contributed by atoms with Gasteiger partial charge in [0.2, 0.25) is 5.91 Å². The maximum Gasteiger partial charge on any atom is 0.231 e. The van der Waals surface area contributed by atoms with Crippen LogP contribution in [0.15, 0.2) is 73.1 Å². The Balaban J connectivity index is 1.26. The van der Waals surface area contributed by atoms with Gasteiger partial charge >= 0.3 is 0 Å². The van der Waals surface area contributed by atoms with Gasteiger partial charge in [0, 0.05) is 66.1 Å². The van der Waals surface area contributed by atoms with E-state index in [9.17, 15) is 4.79 Å². The minimum atomic E-state index is -0.224. The predicted octanol–water partition coefficient (Wildman–Crippen LogP) is 5.85.